The minimum atomic E-state index is 0.497. The van der Waals surface area contributed by atoms with Gasteiger partial charge in [0.2, 0.25) is 0 Å². The largest absolute Gasteiger partial charge is 0.325 e. The number of imidazole rings is 1. The van der Waals surface area contributed by atoms with Crippen LogP contribution in [-0.4, -0.2) is 9.38 Å². The summed E-state index contributed by atoms with van der Waals surface area (Å²) >= 11 is 0. The number of aryl methyl sites for hydroxylation is 3. The quantitative estimate of drug-likeness (QED) is 0.783. The molecule has 0 saturated carbocycles. The number of fused-ring (bicyclic) bond motifs is 2. The lowest BCUT2D eigenvalue weighted by molar-refractivity contribution is 0.686. The van der Waals surface area contributed by atoms with E-state index < -0.39 is 0 Å². The van der Waals surface area contributed by atoms with Crippen molar-refractivity contribution in [2.75, 3.05) is 0 Å². The van der Waals surface area contributed by atoms with Crippen LogP contribution in [0.4, 0.5) is 0 Å². The van der Waals surface area contributed by atoms with Crippen LogP contribution in [0, 0.1) is 6.92 Å². The summed E-state index contributed by atoms with van der Waals surface area (Å²) in [5.41, 5.74) is 14.5. The molecule has 4 rings (SSSR count). The van der Waals surface area contributed by atoms with Gasteiger partial charge in [-0.05, 0) is 67.5 Å². The molecule has 0 aliphatic heterocycles. The van der Waals surface area contributed by atoms with Crippen molar-refractivity contribution >= 4 is 5.65 Å². The highest BCUT2D eigenvalue weighted by atomic mass is 15.0. The number of nitrogens with zero attached hydrogens (tertiary/aromatic N) is 2. The van der Waals surface area contributed by atoms with Crippen molar-refractivity contribution in [3.63, 3.8) is 0 Å². The van der Waals surface area contributed by atoms with Gasteiger partial charge >= 0.3 is 0 Å². The molecule has 0 fully saturated rings. The highest BCUT2D eigenvalue weighted by Crippen LogP contribution is 2.29. The van der Waals surface area contributed by atoms with Gasteiger partial charge < -0.3 is 10.1 Å². The van der Waals surface area contributed by atoms with Gasteiger partial charge in [-0.3, -0.25) is 0 Å². The fraction of sp³-hybridized carbons (Fsp3) is 0.316. The average Bonchev–Trinajstić information content (AvgIpc) is 2.91. The second-order valence-electron chi connectivity index (χ2n) is 6.23. The number of rotatable bonds is 2. The number of nitrogens with two attached hydrogens (primary N) is 1. The molecule has 2 N–H and O–H groups in total. The molecule has 1 aliphatic carbocycles. The van der Waals surface area contributed by atoms with Crippen LogP contribution in [0.2, 0.25) is 0 Å². The van der Waals surface area contributed by atoms with Gasteiger partial charge in [-0.1, -0.05) is 12.1 Å². The Kier molecular flexibility index (Phi) is 3.23. The van der Waals surface area contributed by atoms with E-state index in [1.807, 2.05) is 0 Å². The molecule has 112 valence electrons. The normalized spacial score (nSPS) is 14.3. The third-order valence-corrected chi connectivity index (χ3v) is 4.70. The Bertz CT molecular complexity index is 845. The topological polar surface area (TPSA) is 43.3 Å². The average molecular weight is 291 g/mol. The summed E-state index contributed by atoms with van der Waals surface area (Å²) in [5.74, 6) is 0. The molecule has 0 radical (unpaired) electrons. The molecule has 2 aromatic heterocycles. The third kappa shape index (κ3) is 2.13. The van der Waals surface area contributed by atoms with Crippen LogP contribution in [0.1, 0.15) is 35.2 Å². The summed E-state index contributed by atoms with van der Waals surface area (Å²) in [6.07, 6.45) is 7.08. The van der Waals surface area contributed by atoms with E-state index in [0.717, 1.165) is 17.0 Å². The Morgan fingerprint density at radius 2 is 1.91 bits per heavy atom. The van der Waals surface area contributed by atoms with Crippen molar-refractivity contribution in [1.29, 1.82) is 0 Å². The summed E-state index contributed by atoms with van der Waals surface area (Å²) in [4.78, 5) is 4.85. The molecule has 0 saturated heterocycles. The first-order valence-corrected chi connectivity index (χ1v) is 8.06. The van der Waals surface area contributed by atoms with Gasteiger partial charge in [0, 0.05) is 18.3 Å². The first-order chi connectivity index (χ1) is 10.8. The van der Waals surface area contributed by atoms with Crippen molar-refractivity contribution in [2.24, 2.45) is 5.73 Å². The molecule has 1 aliphatic rings. The highest BCUT2D eigenvalue weighted by Gasteiger charge is 2.15. The first-order valence-electron chi connectivity index (χ1n) is 8.06. The van der Waals surface area contributed by atoms with Crippen LogP contribution in [0.5, 0.6) is 0 Å². The predicted octanol–water partition coefficient (Wildman–Crippen LogP) is 3.65. The standard InChI is InChI=1S/C19H21N3/c1-13-8-9-22-17(12-20)19(21-18(22)10-13)16-7-6-14-4-2-3-5-15(14)11-16/h6-11H,2-5,12,20H2,1H3. The lowest BCUT2D eigenvalue weighted by atomic mass is 9.90. The second-order valence-corrected chi connectivity index (χ2v) is 6.23. The molecule has 0 bridgehead atoms. The highest BCUT2D eigenvalue weighted by molar-refractivity contribution is 5.68. The van der Waals surface area contributed by atoms with Gasteiger partial charge in [-0.2, -0.15) is 0 Å². The van der Waals surface area contributed by atoms with Crippen LogP contribution >= 0.6 is 0 Å². The van der Waals surface area contributed by atoms with E-state index in [4.69, 9.17) is 10.7 Å². The Morgan fingerprint density at radius 3 is 2.73 bits per heavy atom. The molecule has 0 atom stereocenters. The zero-order chi connectivity index (χ0) is 15.1. The van der Waals surface area contributed by atoms with E-state index >= 15 is 0 Å². The SMILES string of the molecule is Cc1ccn2c(CN)c(-c3ccc4c(c3)CCCC4)nc2c1. The summed E-state index contributed by atoms with van der Waals surface area (Å²) in [5, 5.41) is 0. The lowest BCUT2D eigenvalue weighted by Gasteiger charge is -2.16. The van der Waals surface area contributed by atoms with Gasteiger partial charge in [0.15, 0.2) is 0 Å². The Labute approximate surface area is 130 Å². The maximum atomic E-state index is 6.01. The molecular weight excluding hydrogens is 270 g/mol. The minimum Gasteiger partial charge on any atom is -0.325 e. The van der Waals surface area contributed by atoms with Crippen LogP contribution < -0.4 is 5.73 Å². The van der Waals surface area contributed by atoms with Crippen molar-refractivity contribution in [1.82, 2.24) is 9.38 Å². The number of aromatic nitrogens is 2. The molecular formula is C19H21N3. The van der Waals surface area contributed by atoms with Gasteiger partial charge in [0.25, 0.3) is 0 Å². The summed E-state index contributed by atoms with van der Waals surface area (Å²) in [7, 11) is 0. The van der Waals surface area contributed by atoms with Gasteiger partial charge in [0.1, 0.15) is 5.65 Å². The van der Waals surface area contributed by atoms with Crippen molar-refractivity contribution in [3.05, 3.63) is 58.9 Å². The zero-order valence-corrected chi connectivity index (χ0v) is 13.0. The van der Waals surface area contributed by atoms with Crippen LogP contribution in [-0.2, 0) is 19.4 Å². The smallest absolute Gasteiger partial charge is 0.137 e. The molecule has 1 aromatic carbocycles. The predicted molar refractivity (Wildman–Crippen MR) is 89.9 cm³/mol. The fourth-order valence-corrected chi connectivity index (χ4v) is 3.50. The van der Waals surface area contributed by atoms with Crippen LogP contribution in [0.25, 0.3) is 16.9 Å². The lowest BCUT2D eigenvalue weighted by Crippen LogP contribution is -2.04. The first kappa shape index (κ1) is 13.5. The van der Waals surface area contributed by atoms with E-state index in [9.17, 15) is 0 Å². The molecule has 3 aromatic rings. The molecule has 0 spiro atoms. The Morgan fingerprint density at radius 1 is 1.09 bits per heavy atom. The van der Waals surface area contributed by atoms with E-state index in [2.05, 4.69) is 47.9 Å². The van der Waals surface area contributed by atoms with Crippen molar-refractivity contribution < 1.29 is 0 Å². The zero-order valence-electron chi connectivity index (χ0n) is 13.0. The van der Waals surface area contributed by atoms with Crippen LogP contribution in [0.3, 0.4) is 0 Å². The second kappa shape index (κ2) is 5.25. The van der Waals surface area contributed by atoms with Crippen molar-refractivity contribution in [3.8, 4) is 11.3 Å². The Hall–Kier alpha value is -2.13. The number of hydrogen-bond donors (Lipinski definition) is 1. The molecule has 22 heavy (non-hydrogen) atoms. The van der Waals surface area contributed by atoms with E-state index in [-0.39, 0.29) is 0 Å². The Balaban J connectivity index is 1.90. The van der Waals surface area contributed by atoms with Gasteiger partial charge in [-0.15, -0.1) is 0 Å². The summed E-state index contributed by atoms with van der Waals surface area (Å²) in [6, 6.07) is 11.0. The van der Waals surface area contributed by atoms with Gasteiger partial charge in [0.05, 0.1) is 11.4 Å². The van der Waals surface area contributed by atoms with E-state index in [1.165, 1.54) is 47.9 Å². The molecule has 0 amide bonds. The molecule has 3 nitrogen and oxygen atoms in total. The summed E-state index contributed by atoms with van der Waals surface area (Å²) < 4.78 is 2.11. The van der Waals surface area contributed by atoms with E-state index in [1.54, 1.807) is 0 Å². The monoisotopic (exact) mass is 291 g/mol. The molecule has 2 heterocycles. The fourth-order valence-electron chi connectivity index (χ4n) is 3.50. The van der Waals surface area contributed by atoms with E-state index in [0.29, 0.717) is 6.54 Å². The molecule has 3 heteroatoms. The number of benzene rings is 1. The molecule has 0 unspecified atom stereocenters. The van der Waals surface area contributed by atoms with Crippen molar-refractivity contribution in [2.45, 2.75) is 39.2 Å². The maximum Gasteiger partial charge on any atom is 0.137 e. The third-order valence-electron chi connectivity index (χ3n) is 4.70. The van der Waals surface area contributed by atoms with Crippen LogP contribution in [0.15, 0.2) is 36.5 Å². The number of pyridine rings is 1. The van der Waals surface area contributed by atoms with Gasteiger partial charge in [-0.25, -0.2) is 4.98 Å². The summed E-state index contributed by atoms with van der Waals surface area (Å²) in [6.45, 7) is 2.59. The number of hydrogen-bond acceptors (Lipinski definition) is 2. The maximum absolute atomic E-state index is 6.01. The minimum absolute atomic E-state index is 0.497.